The van der Waals surface area contributed by atoms with Gasteiger partial charge in [0.1, 0.15) is 47.8 Å². The van der Waals surface area contributed by atoms with E-state index < -0.39 is 89.2 Å². The van der Waals surface area contributed by atoms with Gasteiger partial charge >= 0.3 is 0 Å². The molecule has 0 radical (unpaired) electrons. The zero-order valence-electron chi connectivity index (χ0n) is 38.2. The average Bonchev–Trinajstić information content (AvgIpc) is 3.28. The highest BCUT2D eigenvalue weighted by molar-refractivity contribution is 5.96. The summed E-state index contributed by atoms with van der Waals surface area (Å²) in [6.45, 7) is 4.19. The third kappa shape index (κ3) is 17.4. The summed E-state index contributed by atoms with van der Waals surface area (Å²) in [7, 11) is 1.50. The van der Waals surface area contributed by atoms with Crippen molar-refractivity contribution in [3.8, 4) is 5.75 Å². The van der Waals surface area contributed by atoms with Gasteiger partial charge in [-0.3, -0.25) is 33.6 Å². The lowest BCUT2D eigenvalue weighted by molar-refractivity contribution is -0.135. The summed E-state index contributed by atoms with van der Waals surface area (Å²) in [6, 6.07) is 7.63. The number of nitrogens with one attached hydrogen (secondary N) is 8. The van der Waals surface area contributed by atoms with Crippen LogP contribution in [0.25, 0.3) is 0 Å². The molecule has 0 saturated carbocycles. The topological polar surface area (TPSA) is 340 Å². The standard InChI is InChI=1S/C45H69N11O10/c1-27(2)22-35-43(64)56-45(26-57,17-20-48)25-50-32(14-18-46)39(60)55-38(28(3)58)44(65)49-21-16-34(51-37(59)24-30-10-12-31(66-4)13-11-30)41(62)52-33(15-19-47)40(61)54-36(42(63)53-35)23-29-8-6-5-7-9-29/h5-13,26-28,32-36,38,50,58H,14-25,46-48H2,1-4H3,(H,49,65)(H,51,59)(H,52,62)(H,53,63)(H,54,61)(H,55,60)(H,56,64)/t28-,32+,33+,34+,35+,36-,38+,45-/m1/s1. The van der Waals surface area contributed by atoms with Crippen LogP contribution in [0.5, 0.6) is 5.75 Å². The lowest BCUT2D eigenvalue weighted by Crippen LogP contribution is -2.64. The van der Waals surface area contributed by atoms with E-state index in [9.17, 15) is 43.5 Å². The minimum absolute atomic E-state index is 0.00418. The molecular formula is C45H69N11O10. The SMILES string of the molecule is COc1ccc(CC(=O)N[C@H]2CCNC(=O)[C@H]([C@@H](C)O)NC(=O)[C@H](CCN)NC[C@@](C=O)(CCN)NC(=O)[C@H](CC(C)C)NC(=O)[C@@H](Cc3ccccc3)NC(=O)[C@H](CCN)NC2=O)cc1. The van der Waals surface area contributed by atoms with E-state index in [2.05, 4.69) is 42.5 Å². The first-order valence-electron chi connectivity index (χ1n) is 22.2. The largest absolute Gasteiger partial charge is 0.497 e. The first-order valence-corrected chi connectivity index (χ1v) is 22.2. The Morgan fingerprint density at radius 1 is 0.773 bits per heavy atom. The summed E-state index contributed by atoms with van der Waals surface area (Å²) in [5.41, 5.74) is 17.3. The van der Waals surface area contributed by atoms with Crippen LogP contribution in [0, 0.1) is 5.92 Å². The Kier molecular flexibility index (Phi) is 22.6. The number of ether oxygens (including phenoxy) is 1. The number of nitrogens with two attached hydrogens (primary N) is 3. The highest BCUT2D eigenvalue weighted by atomic mass is 16.5. The van der Waals surface area contributed by atoms with Crippen molar-refractivity contribution in [1.82, 2.24) is 42.5 Å². The highest BCUT2D eigenvalue weighted by Crippen LogP contribution is 2.14. The molecule has 15 N–H and O–H groups in total. The minimum Gasteiger partial charge on any atom is -0.497 e. The number of amides is 7. The molecular weight excluding hydrogens is 855 g/mol. The minimum atomic E-state index is -1.69. The van der Waals surface area contributed by atoms with E-state index in [1.165, 1.54) is 14.0 Å². The molecule has 0 bridgehead atoms. The molecule has 3 rings (SSSR count). The van der Waals surface area contributed by atoms with Crippen LogP contribution in [0.1, 0.15) is 64.0 Å². The number of methoxy groups -OCH3 is 1. The normalized spacial score (nSPS) is 24.9. The molecule has 7 amide bonds. The summed E-state index contributed by atoms with van der Waals surface area (Å²) in [5, 5.41) is 32.3. The molecule has 0 aliphatic carbocycles. The molecule has 21 heteroatoms. The van der Waals surface area contributed by atoms with Crippen LogP contribution in [0.15, 0.2) is 54.6 Å². The number of hydrogen-bond donors (Lipinski definition) is 12. The Balaban J connectivity index is 2.11. The zero-order valence-corrected chi connectivity index (χ0v) is 38.2. The second kappa shape index (κ2) is 27.5. The fourth-order valence-electron chi connectivity index (χ4n) is 7.28. The number of hydrogen-bond acceptors (Lipinski definition) is 14. The van der Waals surface area contributed by atoms with Crippen molar-refractivity contribution in [1.29, 1.82) is 0 Å². The van der Waals surface area contributed by atoms with Crippen LogP contribution < -0.4 is 64.5 Å². The highest BCUT2D eigenvalue weighted by Gasteiger charge is 2.38. The van der Waals surface area contributed by atoms with Gasteiger partial charge in [0.15, 0.2) is 0 Å². The summed E-state index contributed by atoms with van der Waals surface area (Å²) in [5.74, 6) is -4.85. The van der Waals surface area contributed by atoms with Gasteiger partial charge in [-0.15, -0.1) is 0 Å². The number of carbonyl (C=O) groups excluding carboxylic acids is 8. The number of aldehydes is 1. The molecule has 21 nitrogen and oxygen atoms in total. The number of carbonyl (C=O) groups is 8. The molecule has 1 fully saturated rings. The van der Waals surface area contributed by atoms with Crippen LogP contribution in [0.2, 0.25) is 0 Å². The Bertz CT molecular complexity index is 1920. The Labute approximate surface area is 385 Å². The molecule has 364 valence electrons. The molecule has 0 spiro atoms. The molecule has 2 aromatic rings. The molecule has 1 aliphatic rings. The van der Waals surface area contributed by atoms with Crippen LogP contribution in [0.3, 0.4) is 0 Å². The van der Waals surface area contributed by atoms with Crippen molar-refractivity contribution >= 4 is 47.6 Å². The van der Waals surface area contributed by atoms with Gasteiger partial charge in [-0.05, 0) is 87.8 Å². The summed E-state index contributed by atoms with van der Waals surface area (Å²) in [4.78, 5) is 110. The van der Waals surface area contributed by atoms with Crippen LogP contribution >= 0.6 is 0 Å². The Hall–Kier alpha value is -6.00. The van der Waals surface area contributed by atoms with Gasteiger partial charge < -0.3 is 74.4 Å². The number of aliphatic hydroxyl groups excluding tert-OH is 1. The molecule has 1 heterocycles. The third-order valence-electron chi connectivity index (χ3n) is 10.9. The monoisotopic (exact) mass is 924 g/mol. The fraction of sp³-hybridized carbons (Fsp3) is 0.556. The second-order valence-electron chi connectivity index (χ2n) is 16.8. The summed E-state index contributed by atoms with van der Waals surface area (Å²) >= 11 is 0. The van der Waals surface area contributed by atoms with Gasteiger partial charge in [0.05, 0.1) is 25.7 Å². The maximum absolute atomic E-state index is 14.3. The van der Waals surface area contributed by atoms with Crippen LogP contribution in [-0.4, -0.2) is 140 Å². The van der Waals surface area contributed by atoms with Crippen molar-refractivity contribution in [2.75, 3.05) is 39.8 Å². The van der Waals surface area contributed by atoms with Crippen molar-refractivity contribution in [2.45, 2.75) is 114 Å². The first-order chi connectivity index (χ1) is 31.5. The quantitative estimate of drug-likeness (QED) is 0.0743. The first kappa shape index (κ1) is 54.3. The van der Waals surface area contributed by atoms with Crippen LogP contribution in [-0.2, 0) is 51.2 Å². The van der Waals surface area contributed by atoms with Crippen molar-refractivity contribution in [3.63, 3.8) is 0 Å². The number of rotatable bonds is 16. The average molecular weight is 924 g/mol. The van der Waals surface area contributed by atoms with E-state index >= 15 is 0 Å². The van der Waals surface area contributed by atoms with Crippen molar-refractivity contribution in [2.24, 2.45) is 23.1 Å². The van der Waals surface area contributed by atoms with Gasteiger partial charge in [-0.2, -0.15) is 0 Å². The maximum Gasteiger partial charge on any atom is 0.245 e. The molecule has 0 unspecified atom stereocenters. The smallest absolute Gasteiger partial charge is 0.245 e. The molecule has 8 atom stereocenters. The van der Waals surface area contributed by atoms with E-state index in [0.29, 0.717) is 23.2 Å². The van der Waals surface area contributed by atoms with E-state index in [1.54, 1.807) is 54.6 Å². The molecule has 1 saturated heterocycles. The van der Waals surface area contributed by atoms with E-state index in [-0.39, 0.29) is 83.6 Å². The molecule has 1 aliphatic heterocycles. The number of benzene rings is 2. The van der Waals surface area contributed by atoms with Crippen molar-refractivity contribution in [3.05, 3.63) is 65.7 Å². The summed E-state index contributed by atoms with van der Waals surface area (Å²) in [6.07, 6.45) is -1.40. The predicted molar refractivity (Wildman–Crippen MR) is 245 cm³/mol. The predicted octanol–water partition coefficient (Wildman–Crippen LogP) is -3.09. The zero-order chi connectivity index (χ0) is 48.8. The van der Waals surface area contributed by atoms with E-state index in [0.717, 1.165) is 0 Å². The Morgan fingerprint density at radius 2 is 1.38 bits per heavy atom. The molecule has 2 aromatic carbocycles. The van der Waals surface area contributed by atoms with E-state index in [1.807, 2.05) is 13.8 Å². The Morgan fingerprint density at radius 3 is 1.97 bits per heavy atom. The maximum atomic E-state index is 14.3. The van der Waals surface area contributed by atoms with Gasteiger partial charge in [0.2, 0.25) is 41.4 Å². The fourth-order valence-corrected chi connectivity index (χ4v) is 7.28. The lowest BCUT2D eigenvalue weighted by atomic mass is 9.94. The van der Waals surface area contributed by atoms with Gasteiger partial charge in [0.25, 0.3) is 0 Å². The van der Waals surface area contributed by atoms with E-state index in [4.69, 9.17) is 21.9 Å². The number of aliphatic hydroxyl groups is 1. The third-order valence-corrected chi connectivity index (χ3v) is 10.9. The molecule has 66 heavy (non-hydrogen) atoms. The van der Waals surface area contributed by atoms with Gasteiger partial charge in [-0.25, -0.2) is 0 Å². The van der Waals surface area contributed by atoms with Gasteiger partial charge in [-0.1, -0.05) is 56.3 Å². The summed E-state index contributed by atoms with van der Waals surface area (Å²) < 4.78 is 5.19. The molecule has 0 aromatic heterocycles. The van der Waals surface area contributed by atoms with Crippen LogP contribution in [0.4, 0.5) is 0 Å². The van der Waals surface area contributed by atoms with Gasteiger partial charge in [0, 0.05) is 19.5 Å². The lowest BCUT2D eigenvalue weighted by Gasteiger charge is -2.34. The van der Waals surface area contributed by atoms with Crippen molar-refractivity contribution < 1.29 is 48.2 Å². The second-order valence-corrected chi connectivity index (χ2v) is 16.8.